The van der Waals surface area contributed by atoms with Gasteiger partial charge in [0.2, 0.25) is 10.0 Å². The Hall–Kier alpha value is -1.29. The summed E-state index contributed by atoms with van der Waals surface area (Å²) >= 11 is 0. The van der Waals surface area contributed by atoms with Crippen molar-refractivity contribution < 1.29 is 8.42 Å². The maximum absolute atomic E-state index is 11.7. The lowest BCUT2D eigenvalue weighted by Crippen LogP contribution is -2.22. The predicted octanol–water partition coefficient (Wildman–Crippen LogP) is 3.90. The van der Waals surface area contributed by atoms with Gasteiger partial charge in [-0.3, -0.25) is 4.72 Å². The number of sulfonamides is 1. The topological polar surface area (TPSA) is 46.2 Å². The van der Waals surface area contributed by atoms with Crippen LogP contribution in [0.1, 0.15) is 40.2 Å². The van der Waals surface area contributed by atoms with Gasteiger partial charge in [0.25, 0.3) is 0 Å². The van der Waals surface area contributed by atoms with Crippen molar-refractivity contribution in [2.24, 2.45) is 5.41 Å². The van der Waals surface area contributed by atoms with Crippen LogP contribution in [0.3, 0.4) is 0 Å². The molecule has 106 valence electrons. The molecule has 0 aliphatic rings. The molecule has 0 fully saturated rings. The van der Waals surface area contributed by atoms with Gasteiger partial charge in [0.1, 0.15) is 0 Å². The first-order valence-electron chi connectivity index (χ1n) is 6.41. The highest BCUT2D eigenvalue weighted by Gasteiger charge is 2.15. The van der Waals surface area contributed by atoms with Gasteiger partial charge in [0.05, 0.1) is 5.25 Å². The zero-order valence-corrected chi connectivity index (χ0v) is 13.1. The molecule has 1 aromatic rings. The SMILES string of the molecule is CC(C)S(=O)(=O)Nc1ccc(/C=C/C(C)(C)C)cc1. The van der Waals surface area contributed by atoms with Crippen molar-refractivity contribution in [3.8, 4) is 0 Å². The van der Waals surface area contributed by atoms with Gasteiger partial charge >= 0.3 is 0 Å². The van der Waals surface area contributed by atoms with Crippen LogP contribution in [0.15, 0.2) is 30.3 Å². The van der Waals surface area contributed by atoms with Crippen LogP contribution in [0, 0.1) is 5.41 Å². The summed E-state index contributed by atoms with van der Waals surface area (Å²) in [7, 11) is -3.27. The fraction of sp³-hybridized carbons (Fsp3) is 0.467. The molecule has 19 heavy (non-hydrogen) atoms. The molecule has 0 spiro atoms. The van der Waals surface area contributed by atoms with Crippen LogP contribution < -0.4 is 4.72 Å². The van der Waals surface area contributed by atoms with Crippen molar-refractivity contribution in [3.05, 3.63) is 35.9 Å². The molecule has 0 saturated heterocycles. The summed E-state index contributed by atoms with van der Waals surface area (Å²) in [5, 5.41) is -0.437. The fourth-order valence-corrected chi connectivity index (χ4v) is 1.99. The predicted molar refractivity (Wildman–Crippen MR) is 82.6 cm³/mol. The van der Waals surface area contributed by atoms with Gasteiger partial charge in [-0.25, -0.2) is 8.42 Å². The van der Waals surface area contributed by atoms with E-state index in [4.69, 9.17) is 0 Å². The van der Waals surface area contributed by atoms with E-state index in [0.717, 1.165) is 5.56 Å². The lowest BCUT2D eigenvalue weighted by molar-refractivity contribution is 0.547. The number of benzene rings is 1. The van der Waals surface area contributed by atoms with E-state index in [0.29, 0.717) is 5.69 Å². The third-order valence-electron chi connectivity index (χ3n) is 2.57. The molecule has 0 bridgehead atoms. The minimum Gasteiger partial charge on any atom is -0.283 e. The normalized spacial score (nSPS) is 13.2. The maximum Gasteiger partial charge on any atom is 0.235 e. The van der Waals surface area contributed by atoms with Crippen molar-refractivity contribution in [1.82, 2.24) is 0 Å². The van der Waals surface area contributed by atoms with E-state index in [2.05, 4.69) is 31.6 Å². The molecule has 3 nitrogen and oxygen atoms in total. The van der Waals surface area contributed by atoms with E-state index in [9.17, 15) is 8.42 Å². The number of rotatable bonds is 4. The second-order valence-corrected chi connectivity index (χ2v) is 8.25. The van der Waals surface area contributed by atoms with Crippen molar-refractivity contribution in [3.63, 3.8) is 0 Å². The van der Waals surface area contributed by atoms with Gasteiger partial charge in [-0.2, -0.15) is 0 Å². The summed E-state index contributed by atoms with van der Waals surface area (Å²) in [6.07, 6.45) is 4.17. The van der Waals surface area contributed by atoms with E-state index >= 15 is 0 Å². The molecule has 4 heteroatoms. The Balaban J connectivity index is 2.81. The summed E-state index contributed by atoms with van der Waals surface area (Å²) in [6, 6.07) is 7.37. The Kier molecular flexibility index (Phi) is 4.80. The standard InChI is InChI=1S/C15H23NO2S/c1-12(2)19(17,18)16-14-8-6-13(7-9-14)10-11-15(3,4)5/h6-12,16H,1-5H3/b11-10+. The van der Waals surface area contributed by atoms with Gasteiger partial charge in [0.15, 0.2) is 0 Å². The van der Waals surface area contributed by atoms with Crippen molar-refractivity contribution in [2.45, 2.75) is 39.9 Å². The summed E-state index contributed by atoms with van der Waals surface area (Å²) < 4.78 is 26.0. The zero-order chi connectivity index (χ0) is 14.7. The molecule has 1 N–H and O–H groups in total. The van der Waals surface area contributed by atoms with Gasteiger partial charge in [-0.15, -0.1) is 0 Å². The fourth-order valence-electron chi connectivity index (χ4n) is 1.29. The molecule has 0 heterocycles. The van der Waals surface area contributed by atoms with Gasteiger partial charge in [-0.05, 0) is 37.0 Å². The van der Waals surface area contributed by atoms with Crippen molar-refractivity contribution in [1.29, 1.82) is 0 Å². The lowest BCUT2D eigenvalue weighted by atomic mass is 9.95. The third kappa shape index (κ3) is 5.47. The smallest absolute Gasteiger partial charge is 0.235 e. The molecule has 0 aliphatic heterocycles. The van der Waals surface area contributed by atoms with Gasteiger partial charge < -0.3 is 0 Å². The minimum atomic E-state index is -3.27. The second-order valence-electron chi connectivity index (χ2n) is 6.02. The van der Waals surface area contributed by atoms with Crippen LogP contribution in [0.2, 0.25) is 0 Å². The molecule has 1 rings (SSSR count). The monoisotopic (exact) mass is 281 g/mol. The first-order valence-corrected chi connectivity index (χ1v) is 7.96. The van der Waals surface area contributed by atoms with Crippen molar-refractivity contribution in [2.75, 3.05) is 4.72 Å². The molecular formula is C15H23NO2S. The maximum atomic E-state index is 11.7. The van der Waals surface area contributed by atoms with E-state index in [1.807, 2.05) is 18.2 Å². The largest absolute Gasteiger partial charge is 0.283 e. The summed E-state index contributed by atoms with van der Waals surface area (Å²) in [6.45, 7) is 9.71. The van der Waals surface area contributed by atoms with Gasteiger partial charge in [0, 0.05) is 5.69 Å². The van der Waals surface area contributed by atoms with Crippen LogP contribution in [-0.2, 0) is 10.0 Å². The molecule has 0 aliphatic carbocycles. The molecule has 0 saturated carbocycles. The summed E-state index contributed by atoms with van der Waals surface area (Å²) in [5.74, 6) is 0. The highest BCUT2D eigenvalue weighted by Crippen LogP contribution is 2.19. The second kappa shape index (κ2) is 5.78. The average Bonchev–Trinajstić information content (AvgIpc) is 2.26. The van der Waals surface area contributed by atoms with Crippen LogP contribution >= 0.6 is 0 Å². The Bertz CT molecular complexity index is 535. The first kappa shape index (κ1) is 15.8. The third-order valence-corrected chi connectivity index (χ3v) is 4.33. The molecular weight excluding hydrogens is 258 g/mol. The molecule has 0 radical (unpaired) electrons. The summed E-state index contributed by atoms with van der Waals surface area (Å²) in [5.41, 5.74) is 1.79. The van der Waals surface area contributed by atoms with Crippen LogP contribution in [-0.4, -0.2) is 13.7 Å². The Labute approximate surface area is 116 Å². The average molecular weight is 281 g/mol. The summed E-state index contributed by atoms with van der Waals surface area (Å²) in [4.78, 5) is 0. The number of hydrogen-bond donors (Lipinski definition) is 1. The van der Waals surface area contributed by atoms with Crippen LogP contribution in [0.5, 0.6) is 0 Å². The highest BCUT2D eigenvalue weighted by molar-refractivity contribution is 7.93. The Morgan fingerprint density at radius 3 is 2.05 bits per heavy atom. The van der Waals surface area contributed by atoms with E-state index < -0.39 is 15.3 Å². The van der Waals surface area contributed by atoms with E-state index in [-0.39, 0.29) is 5.41 Å². The zero-order valence-electron chi connectivity index (χ0n) is 12.3. The molecule has 0 unspecified atom stereocenters. The van der Waals surface area contributed by atoms with E-state index in [1.54, 1.807) is 26.0 Å². The van der Waals surface area contributed by atoms with Crippen LogP contribution in [0.25, 0.3) is 6.08 Å². The Morgan fingerprint density at radius 2 is 1.63 bits per heavy atom. The first-order chi connectivity index (χ1) is 8.60. The lowest BCUT2D eigenvalue weighted by Gasteiger charge is -2.12. The number of hydrogen-bond acceptors (Lipinski definition) is 2. The van der Waals surface area contributed by atoms with E-state index in [1.165, 1.54) is 0 Å². The quantitative estimate of drug-likeness (QED) is 0.910. The van der Waals surface area contributed by atoms with Gasteiger partial charge in [-0.1, -0.05) is 45.1 Å². The van der Waals surface area contributed by atoms with Crippen LogP contribution in [0.4, 0.5) is 5.69 Å². The number of anilines is 1. The highest BCUT2D eigenvalue weighted by atomic mass is 32.2. The van der Waals surface area contributed by atoms with Crippen molar-refractivity contribution >= 4 is 21.8 Å². The Morgan fingerprint density at radius 1 is 1.11 bits per heavy atom. The minimum absolute atomic E-state index is 0.137. The number of allylic oxidation sites excluding steroid dienone is 1. The molecule has 0 aromatic heterocycles. The number of nitrogens with one attached hydrogen (secondary N) is 1. The molecule has 0 amide bonds. The molecule has 0 atom stereocenters. The molecule has 1 aromatic carbocycles.